The van der Waals surface area contributed by atoms with E-state index < -0.39 is 0 Å². The third-order valence-electron chi connectivity index (χ3n) is 5.08. The molecule has 0 unspecified atom stereocenters. The lowest BCUT2D eigenvalue weighted by Crippen LogP contribution is -2.47. The zero-order chi connectivity index (χ0) is 18.2. The number of nitrogens with one attached hydrogen (secondary N) is 2. The molecular weight excluding hydrogens is 346 g/mol. The van der Waals surface area contributed by atoms with Gasteiger partial charge in [-0.25, -0.2) is 0 Å². The molecule has 1 fully saturated rings. The Kier molecular flexibility index (Phi) is 7.21. The van der Waals surface area contributed by atoms with E-state index in [2.05, 4.69) is 49.7 Å². The molecule has 3 rings (SSSR count). The van der Waals surface area contributed by atoms with E-state index in [9.17, 15) is 0 Å². The maximum atomic E-state index is 6.32. The van der Waals surface area contributed by atoms with Gasteiger partial charge in [0.25, 0.3) is 0 Å². The van der Waals surface area contributed by atoms with Crippen LogP contribution in [0.25, 0.3) is 0 Å². The largest absolute Gasteiger partial charge is 0.368 e. The highest BCUT2D eigenvalue weighted by Gasteiger charge is 2.18. The molecule has 142 valence electrons. The summed E-state index contributed by atoms with van der Waals surface area (Å²) in [7, 11) is 1.84. The number of anilines is 1. The fraction of sp³-hybridized carbons (Fsp3) is 0.550. The maximum absolute atomic E-state index is 6.32. The first kappa shape index (κ1) is 19.1. The van der Waals surface area contributed by atoms with Gasteiger partial charge in [0.1, 0.15) is 0 Å². The van der Waals surface area contributed by atoms with Crippen molar-refractivity contribution in [1.29, 1.82) is 0 Å². The van der Waals surface area contributed by atoms with E-state index in [1.54, 1.807) is 0 Å². The molecule has 0 radical (unpaired) electrons. The van der Waals surface area contributed by atoms with E-state index in [0.717, 1.165) is 75.2 Å². The predicted molar refractivity (Wildman–Crippen MR) is 111 cm³/mol. The van der Waals surface area contributed by atoms with Crippen molar-refractivity contribution in [2.75, 3.05) is 51.2 Å². The summed E-state index contributed by atoms with van der Waals surface area (Å²) >= 11 is 6.32. The quantitative estimate of drug-likeness (QED) is 0.347. The zero-order valence-corrected chi connectivity index (χ0v) is 16.4. The lowest BCUT2D eigenvalue weighted by Gasteiger charge is -2.36. The number of piperazine rings is 1. The summed E-state index contributed by atoms with van der Waals surface area (Å²) in [6.07, 6.45) is 7.77. The van der Waals surface area contributed by atoms with Crippen molar-refractivity contribution in [2.24, 2.45) is 4.99 Å². The minimum Gasteiger partial charge on any atom is -0.368 e. The standard InChI is InChI=1S/C20H30ClN5/c1-22-20(24-17-7-2-3-8-17)23-11-6-12-25-13-15-26(16-14-25)19-10-5-4-9-18(19)21/h2-5,9-10,17H,6-8,11-16H2,1H3,(H2,22,23,24). The molecular formula is C20H30ClN5. The molecule has 0 amide bonds. The summed E-state index contributed by atoms with van der Waals surface area (Å²) in [6.45, 7) is 6.32. The molecule has 0 aromatic heterocycles. The van der Waals surface area contributed by atoms with Gasteiger partial charge in [-0.2, -0.15) is 0 Å². The highest BCUT2D eigenvalue weighted by atomic mass is 35.5. The molecule has 0 atom stereocenters. The molecule has 1 heterocycles. The first-order chi connectivity index (χ1) is 12.8. The Labute approximate surface area is 162 Å². The molecule has 1 aromatic rings. The van der Waals surface area contributed by atoms with Gasteiger partial charge in [-0.15, -0.1) is 0 Å². The van der Waals surface area contributed by atoms with Crippen molar-refractivity contribution in [1.82, 2.24) is 15.5 Å². The van der Waals surface area contributed by atoms with E-state index in [1.165, 1.54) is 0 Å². The van der Waals surface area contributed by atoms with Gasteiger partial charge in [-0.05, 0) is 37.9 Å². The van der Waals surface area contributed by atoms with Crippen LogP contribution >= 0.6 is 11.6 Å². The average Bonchev–Trinajstić information content (AvgIpc) is 3.18. The van der Waals surface area contributed by atoms with Crippen LogP contribution in [0, 0.1) is 0 Å². The Morgan fingerprint density at radius 1 is 1.15 bits per heavy atom. The molecule has 1 aliphatic heterocycles. The van der Waals surface area contributed by atoms with Crippen LogP contribution in [0.5, 0.6) is 0 Å². The lowest BCUT2D eigenvalue weighted by molar-refractivity contribution is 0.255. The van der Waals surface area contributed by atoms with E-state index >= 15 is 0 Å². The molecule has 1 aromatic carbocycles. The molecule has 5 nitrogen and oxygen atoms in total. The summed E-state index contributed by atoms with van der Waals surface area (Å²) in [5.74, 6) is 0.919. The molecule has 26 heavy (non-hydrogen) atoms. The van der Waals surface area contributed by atoms with Crippen molar-refractivity contribution in [3.63, 3.8) is 0 Å². The van der Waals surface area contributed by atoms with Crippen LogP contribution in [-0.2, 0) is 0 Å². The van der Waals surface area contributed by atoms with E-state index in [-0.39, 0.29) is 0 Å². The molecule has 2 N–H and O–H groups in total. The van der Waals surface area contributed by atoms with Gasteiger partial charge in [0, 0.05) is 45.8 Å². The number of benzene rings is 1. The minimum absolute atomic E-state index is 0.499. The van der Waals surface area contributed by atoms with Crippen molar-refractivity contribution < 1.29 is 0 Å². The van der Waals surface area contributed by atoms with Gasteiger partial charge in [0.05, 0.1) is 10.7 Å². The zero-order valence-electron chi connectivity index (χ0n) is 15.6. The molecule has 1 aliphatic carbocycles. The summed E-state index contributed by atoms with van der Waals surface area (Å²) in [4.78, 5) is 9.24. The van der Waals surface area contributed by atoms with Crippen LogP contribution in [0.15, 0.2) is 41.4 Å². The number of para-hydroxylation sites is 1. The van der Waals surface area contributed by atoms with Crippen molar-refractivity contribution in [2.45, 2.75) is 25.3 Å². The van der Waals surface area contributed by atoms with E-state index in [0.29, 0.717) is 6.04 Å². The second-order valence-electron chi connectivity index (χ2n) is 6.92. The van der Waals surface area contributed by atoms with Gasteiger partial charge >= 0.3 is 0 Å². The Bertz CT molecular complexity index is 614. The molecule has 6 heteroatoms. The van der Waals surface area contributed by atoms with Gasteiger partial charge < -0.3 is 15.5 Å². The van der Waals surface area contributed by atoms with Gasteiger partial charge in [-0.1, -0.05) is 35.9 Å². The Hall–Kier alpha value is -1.72. The van der Waals surface area contributed by atoms with E-state index in [4.69, 9.17) is 11.6 Å². The lowest BCUT2D eigenvalue weighted by atomic mass is 10.2. The van der Waals surface area contributed by atoms with Crippen LogP contribution < -0.4 is 15.5 Å². The molecule has 0 saturated carbocycles. The molecule has 1 saturated heterocycles. The number of hydrogen-bond donors (Lipinski definition) is 2. The number of nitrogens with zero attached hydrogens (tertiary/aromatic N) is 3. The van der Waals surface area contributed by atoms with E-state index in [1.807, 2.05) is 19.2 Å². The fourth-order valence-electron chi connectivity index (χ4n) is 3.55. The van der Waals surface area contributed by atoms with Crippen LogP contribution in [0.4, 0.5) is 5.69 Å². The van der Waals surface area contributed by atoms with Crippen molar-refractivity contribution in [3.8, 4) is 0 Å². The first-order valence-electron chi connectivity index (χ1n) is 9.60. The number of halogens is 1. The Morgan fingerprint density at radius 2 is 1.88 bits per heavy atom. The number of hydrogen-bond acceptors (Lipinski definition) is 3. The summed E-state index contributed by atoms with van der Waals surface area (Å²) in [6, 6.07) is 8.62. The second kappa shape index (κ2) is 9.83. The van der Waals surface area contributed by atoms with Crippen LogP contribution in [0.2, 0.25) is 5.02 Å². The normalized spacial score (nSPS) is 19.2. The smallest absolute Gasteiger partial charge is 0.191 e. The van der Waals surface area contributed by atoms with Crippen molar-refractivity contribution in [3.05, 3.63) is 41.4 Å². The minimum atomic E-state index is 0.499. The number of rotatable bonds is 6. The summed E-state index contributed by atoms with van der Waals surface area (Å²) in [5, 5.41) is 7.76. The third kappa shape index (κ3) is 5.39. The maximum Gasteiger partial charge on any atom is 0.191 e. The fourth-order valence-corrected chi connectivity index (χ4v) is 3.81. The Balaban J connectivity index is 1.32. The Morgan fingerprint density at radius 3 is 2.58 bits per heavy atom. The molecule has 2 aliphatic rings. The van der Waals surface area contributed by atoms with Gasteiger partial charge in [0.2, 0.25) is 0 Å². The first-order valence-corrected chi connectivity index (χ1v) is 9.98. The number of aliphatic imine (C=N–C) groups is 1. The predicted octanol–water partition coefficient (Wildman–Crippen LogP) is 2.74. The topological polar surface area (TPSA) is 42.9 Å². The second-order valence-corrected chi connectivity index (χ2v) is 7.32. The third-order valence-corrected chi connectivity index (χ3v) is 5.40. The summed E-state index contributed by atoms with van der Waals surface area (Å²) < 4.78 is 0. The molecule has 0 spiro atoms. The average molecular weight is 376 g/mol. The summed E-state index contributed by atoms with van der Waals surface area (Å²) in [5.41, 5.74) is 1.16. The van der Waals surface area contributed by atoms with Crippen LogP contribution in [-0.4, -0.2) is 63.2 Å². The molecule has 0 bridgehead atoms. The van der Waals surface area contributed by atoms with Gasteiger partial charge in [-0.3, -0.25) is 9.89 Å². The SMILES string of the molecule is CN=C(NCCCN1CCN(c2ccccc2Cl)CC1)NC1CC=CC1. The van der Waals surface area contributed by atoms with Crippen LogP contribution in [0.3, 0.4) is 0 Å². The monoisotopic (exact) mass is 375 g/mol. The van der Waals surface area contributed by atoms with Crippen molar-refractivity contribution >= 4 is 23.2 Å². The number of guanidine groups is 1. The highest BCUT2D eigenvalue weighted by molar-refractivity contribution is 6.33. The van der Waals surface area contributed by atoms with Crippen LogP contribution in [0.1, 0.15) is 19.3 Å². The highest BCUT2D eigenvalue weighted by Crippen LogP contribution is 2.25. The van der Waals surface area contributed by atoms with Gasteiger partial charge in [0.15, 0.2) is 5.96 Å².